The first-order chi connectivity index (χ1) is 11.6. The first kappa shape index (κ1) is 15.4. The fraction of sp³-hybridized carbons (Fsp3) is 0.300. The lowest BCUT2D eigenvalue weighted by Crippen LogP contribution is -2.27. The van der Waals surface area contributed by atoms with Crippen LogP contribution in [0.3, 0.4) is 0 Å². The summed E-state index contributed by atoms with van der Waals surface area (Å²) in [5, 5.41) is 11.6. The smallest absolute Gasteiger partial charge is 0.123 e. The molecule has 1 unspecified atom stereocenters. The number of halogens is 1. The summed E-state index contributed by atoms with van der Waals surface area (Å²) in [5.74, 6) is -0.209. The van der Waals surface area contributed by atoms with Crippen molar-refractivity contribution in [1.29, 1.82) is 0 Å². The highest BCUT2D eigenvalue weighted by molar-refractivity contribution is 5.86. The minimum Gasteiger partial charge on any atom is -0.387 e. The second kappa shape index (κ2) is 6.04. The van der Waals surface area contributed by atoms with Crippen molar-refractivity contribution in [2.75, 3.05) is 13.6 Å². The summed E-state index contributed by atoms with van der Waals surface area (Å²) in [6.45, 7) is 2.29. The predicted molar refractivity (Wildman–Crippen MR) is 93.3 cm³/mol. The third kappa shape index (κ3) is 2.62. The fourth-order valence-electron chi connectivity index (χ4n) is 3.72. The van der Waals surface area contributed by atoms with E-state index in [1.54, 1.807) is 6.07 Å². The third-order valence-corrected chi connectivity index (χ3v) is 4.95. The van der Waals surface area contributed by atoms with Crippen LogP contribution in [-0.4, -0.2) is 28.2 Å². The van der Waals surface area contributed by atoms with Crippen LogP contribution in [-0.2, 0) is 19.5 Å². The molecule has 24 heavy (non-hydrogen) atoms. The van der Waals surface area contributed by atoms with Gasteiger partial charge in [-0.2, -0.15) is 0 Å². The number of aliphatic hydroxyl groups is 1. The van der Waals surface area contributed by atoms with Gasteiger partial charge >= 0.3 is 0 Å². The Hall–Kier alpha value is -2.17. The molecule has 0 radical (unpaired) electrons. The molecule has 1 aromatic heterocycles. The molecule has 4 rings (SSSR count). The van der Waals surface area contributed by atoms with Gasteiger partial charge in [-0.3, -0.25) is 0 Å². The molecular formula is C20H21FN2O. The maximum atomic E-state index is 13.8. The summed E-state index contributed by atoms with van der Waals surface area (Å²) in [7, 11) is 2.09. The number of aliphatic hydroxyl groups excluding tert-OH is 1. The van der Waals surface area contributed by atoms with E-state index >= 15 is 0 Å². The van der Waals surface area contributed by atoms with Gasteiger partial charge in [0.15, 0.2) is 0 Å². The molecular weight excluding hydrogens is 303 g/mol. The van der Waals surface area contributed by atoms with Gasteiger partial charge in [-0.15, -0.1) is 0 Å². The van der Waals surface area contributed by atoms with Crippen LogP contribution < -0.4 is 0 Å². The Morgan fingerprint density at radius 2 is 1.96 bits per heavy atom. The van der Waals surface area contributed by atoms with Gasteiger partial charge in [0, 0.05) is 36.1 Å². The van der Waals surface area contributed by atoms with Crippen LogP contribution in [0.15, 0.2) is 48.5 Å². The number of fused-ring (bicyclic) bond motifs is 3. The standard InChI is InChI=1S/C20H21FN2O/c1-22-10-9-19-17(12-22)16-11-15(21)7-8-18(16)23(19)13-20(24)14-5-3-2-4-6-14/h2-8,11,20,24H,9-10,12-13H2,1H3. The number of likely N-dealkylation sites (N-methyl/N-ethyl adjacent to an activating group) is 1. The first-order valence-corrected chi connectivity index (χ1v) is 8.34. The van der Waals surface area contributed by atoms with E-state index in [9.17, 15) is 9.50 Å². The molecule has 1 N–H and O–H groups in total. The van der Waals surface area contributed by atoms with Gasteiger partial charge in [0.25, 0.3) is 0 Å². The number of hydrogen-bond donors (Lipinski definition) is 1. The Kier molecular flexibility index (Phi) is 3.87. The quantitative estimate of drug-likeness (QED) is 0.799. The summed E-state index contributed by atoms with van der Waals surface area (Å²) in [5.41, 5.74) is 4.33. The Morgan fingerprint density at radius 3 is 2.75 bits per heavy atom. The molecule has 3 nitrogen and oxygen atoms in total. The van der Waals surface area contributed by atoms with Crippen molar-refractivity contribution < 1.29 is 9.50 Å². The second-order valence-electron chi connectivity index (χ2n) is 6.61. The van der Waals surface area contributed by atoms with E-state index in [0.29, 0.717) is 6.54 Å². The molecule has 0 spiro atoms. The zero-order chi connectivity index (χ0) is 16.7. The molecule has 124 valence electrons. The largest absolute Gasteiger partial charge is 0.387 e. The number of benzene rings is 2. The highest BCUT2D eigenvalue weighted by atomic mass is 19.1. The number of aromatic nitrogens is 1. The molecule has 0 saturated heterocycles. The van der Waals surface area contributed by atoms with Crippen molar-refractivity contribution in [2.24, 2.45) is 0 Å². The fourth-order valence-corrected chi connectivity index (χ4v) is 3.72. The normalized spacial score (nSPS) is 16.3. The number of rotatable bonds is 3. The molecule has 0 amide bonds. The molecule has 1 aliphatic rings. The van der Waals surface area contributed by atoms with E-state index in [4.69, 9.17) is 0 Å². The highest BCUT2D eigenvalue weighted by Crippen LogP contribution is 2.32. The zero-order valence-corrected chi connectivity index (χ0v) is 13.7. The third-order valence-electron chi connectivity index (χ3n) is 4.95. The van der Waals surface area contributed by atoms with Gasteiger partial charge in [0.1, 0.15) is 5.82 Å². The summed E-state index contributed by atoms with van der Waals surface area (Å²) in [4.78, 5) is 2.25. The monoisotopic (exact) mass is 324 g/mol. The molecule has 0 saturated carbocycles. The van der Waals surface area contributed by atoms with Crippen LogP contribution in [0.25, 0.3) is 10.9 Å². The number of hydrogen-bond acceptors (Lipinski definition) is 2. The van der Waals surface area contributed by atoms with Crippen LogP contribution in [0.1, 0.15) is 22.9 Å². The maximum absolute atomic E-state index is 13.8. The van der Waals surface area contributed by atoms with Crippen molar-refractivity contribution in [1.82, 2.24) is 9.47 Å². The van der Waals surface area contributed by atoms with E-state index in [0.717, 1.165) is 36.0 Å². The van der Waals surface area contributed by atoms with E-state index in [1.807, 2.05) is 36.4 Å². The van der Waals surface area contributed by atoms with E-state index < -0.39 is 6.10 Å². The maximum Gasteiger partial charge on any atom is 0.123 e. The van der Waals surface area contributed by atoms with E-state index in [1.165, 1.54) is 17.3 Å². The SMILES string of the molecule is CN1CCc2c(c3cc(F)ccc3n2CC(O)c2ccccc2)C1. The highest BCUT2D eigenvalue weighted by Gasteiger charge is 2.24. The van der Waals surface area contributed by atoms with E-state index in [-0.39, 0.29) is 5.82 Å². The molecule has 0 bridgehead atoms. The molecule has 0 aliphatic carbocycles. The minimum absolute atomic E-state index is 0.209. The first-order valence-electron chi connectivity index (χ1n) is 8.34. The van der Waals surface area contributed by atoms with Gasteiger partial charge in [-0.1, -0.05) is 30.3 Å². The summed E-state index contributed by atoms with van der Waals surface area (Å²) < 4.78 is 15.9. The van der Waals surface area contributed by atoms with Crippen molar-refractivity contribution in [3.05, 3.63) is 71.2 Å². The van der Waals surface area contributed by atoms with Crippen LogP contribution in [0.4, 0.5) is 4.39 Å². The lowest BCUT2D eigenvalue weighted by Gasteiger charge is -2.25. The molecule has 1 atom stereocenters. The van der Waals surface area contributed by atoms with Crippen LogP contribution in [0.2, 0.25) is 0 Å². The van der Waals surface area contributed by atoms with Crippen molar-refractivity contribution in [3.63, 3.8) is 0 Å². The lowest BCUT2D eigenvalue weighted by molar-refractivity contribution is 0.156. The van der Waals surface area contributed by atoms with E-state index in [2.05, 4.69) is 16.5 Å². The minimum atomic E-state index is -0.574. The molecule has 2 heterocycles. The molecule has 3 aromatic rings. The summed E-state index contributed by atoms with van der Waals surface area (Å²) in [6, 6.07) is 14.7. The van der Waals surface area contributed by atoms with Gasteiger partial charge in [-0.05, 0) is 36.4 Å². The van der Waals surface area contributed by atoms with Crippen LogP contribution >= 0.6 is 0 Å². The average molecular weight is 324 g/mol. The average Bonchev–Trinajstić information content (AvgIpc) is 2.88. The Morgan fingerprint density at radius 1 is 1.17 bits per heavy atom. The summed E-state index contributed by atoms with van der Waals surface area (Å²) >= 11 is 0. The Labute approximate surface area is 140 Å². The lowest BCUT2D eigenvalue weighted by atomic mass is 10.0. The second-order valence-corrected chi connectivity index (χ2v) is 6.61. The van der Waals surface area contributed by atoms with Gasteiger partial charge in [0.2, 0.25) is 0 Å². The Balaban J connectivity index is 1.80. The van der Waals surface area contributed by atoms with Gasteiger partial charge in [0.05, 0.1) is 12.6 Å². The Bertz CT molecular complexity index is 872. The predicted octanol–water partition coefficient (Wildman–Crippen LogP) is 3.50. The zero-order valence-electron chi connectivity index (χ0n) is 13.7. The van der Waals surface area contributed by atoms with Crippen molar-refractivity contribution in [3.8, 4) is 0 Å². The van der Waals surface area contributed by atoms with Gasteiger partial charge in [-0.25, -0.2) is 4.39 Å². The van der Waals surface area contributed by atoms with Crippen molar-refractivity contribution >= 4 is 10.9 Å². The van der Waals surface area contributed by atoms with Crippen LogP contribution in [0.5, 0.6) is 0 Å². The molecule has 1 aliphatic heterocycles. The molecule has 4 heteroatoms. The van der Waals surface area contributed by atoms with Crippen molar-refractivity contribution in [2.45, 2.75) is 25.6 Å². The number of nitrogens with zero attached hydrogens (tertiary/aromatic N) is 2. The summed E-state index contributed by atoms with van der Waals surface area (Å²) in [6.07, 6.45) is 0.347. The van der Waals surface area contributed by atoms with Gasteiger partial charge < -0.3 is 14.6 Å². The van der Waals surface area contributed by atoms with Crippen LogP contribution in [0, 0.1) is 5.82 Å². The topological polar surface area (TPSA) is 28.4 Å². The molecule has 2 aromatic carbocycles. The molecule has 0 fully saturated rings.